The van der Waals surface area contributed by atoms with Crippen LogP contribution >= 0.6 is 0 Å². The van der Waals surface area contributed by atoms with Crippen molar-refractivity contribution in [3.05, 3.63) is 119 Å². The van der Waals surface area contributed by atoms with Crippen LogP contribution in [0.5, 0.6) is 0 Å². The second-order valence-corrected chi connectivity index (χ2v) is 9.46. The van der Waals surface area contributed by atoms with E-state index in [1.807, 2.05) is 46.8 Å². The van der Waals surface area contributed by atoms with E-state index in [1.54, 1.807) is 6.20 Å². The van der Waals surface area contributed by atoms with Crippen molar-refractivity contribution in [3.8, 4) is 11.1 Å². The minimum atomic E-state index is 0.0495. The Morgan fingerprint density at radius 3 is 2.27 bits per heavy atom. The molecule has 3 aromatic carbocycles. The van der Waals surface area contributed by atoms with Gasteiger partial charge in [0.2, 0.25) is 0 Å². The maximum atomic E-state index is 7.73. The number of aliphatic imine (C=N–C) groups is 1. The van der Waals surface area contributed by atoms with Crippen LogP contribution in [0.15, 0.2) is 96.3 Å². The van der Waals surface area contributed by atoms with E-state index in [1.165, 1.54) is 34.2 Å². The van der Waals surface area contributed by atoms with E-state index < -0.39 is 0 Å². The lowest BCUT2D eigenvalue weighted by atomic mass is 9.86. The molecule has 0 spiro atoms. The summed E-state index contributed by atoms with van der Waals surface area (Å²) in [6.07, 6.45) is 11.4. The molecule has 0 saturated carbocycles. The smallest absolute Gasteiger partial charge is 0.133 e. The number of nitrogens with one attached hydrogen (secondary N) is 1. The molecule has 0 aliphatic carbocycles. The van der Waals surface area contributed by atoms with Crippen molar-refractivity contribution in [2.75, 3.05) is 11.9 Å². The van der Waals surface area contributed by atoms with Crippen molar-refractivity contribution in [2.24, 2.45) is 4.99 Å². The van der Waals surface area contributed by atoms with E-state index in [-0.39, 0.29) is 6.17 Å². The lowest BCUT2D eigenvalue weighted by Crippen LogP contribution is -2.34. The fraction of sp³-hybridized carbons (Fsp3) is 0.243. The zero-order valence-corrected chi connectivity index (χ0v) is 25.9. The number of fused-ring (bicyclic) bond motifs is 6. The van der Waals surface area contributed by atoms with E-state index in [0.29, 0.717) is 0 Å². The average Bonchev–Trinajstić information content (AvgIpc) is 3.36. The number of aryl methyl sites for hydroxylation is 1. The molecule has 2 heterocycles. The van der Waals surface area contributed by atoms with Gasteiger partial charge in [-0.15, -0.1) is 0 Å². The average molecular weight is 545 g/mol. The van der Waals surface area contributed by atoms with Crippen molar-refractivity contribution in [1.82, 2.24) is 4.90 Å². The summed E-state index contributed by atoms with van der Waals surface area (Å²) in [6.45, 7) is 18.0. The molecule has 1 unspecified atom stereocenters. The number of nitrogens with zero attached hydrogens (tertiary/aromatic N) is 3. The highest BCUT2D eigenvalue weighted by atomic mass is 15.4. The molecule has 1 atom stereocenters. The fourth-order valence-corrected chi connectivity index (χ4v) is 5.68. The first-order valence-corrected chi connectivity index (χ1v) is 14.5. The Balaban J connectivity index is 0.00000111. The zero-order chi connectivity index (χ0) is 30.1. The van der Waals surface area contributed by atoms with Gasteiger partial charge in [0, 0.05) is 42.4 Å². The lowest BCUT2D eigenvalue weighted by Gasteiger charge is -2.40. The van der Waals surface area contributed by atoms with Gasteiger partial charge < -0.3 is 15.2 Å². The Labute approximate surface area is 247 Å². The molecule has 41 heavy (non-hydrogen) atoms. The second-order valence-electron chi connectivity index (χ2n) is 9.46. The molecule has 2 aliphatic heterocycles. The van der Waals surface area contributed by atoms with Crippen molar-refractivity contribution in [2.45, 2.75) is 54.6 Å². The highest BCUT2D eigenvalue weighted by molar-refractivity contribution is 6.00. The number of allylic oxidation sites excluding steroid dienone is 5. The van der Waals surface area contributed by atoms with Crippen molar-refractivity contribution < 1.29 is 0 Å². The predicted molar refractivity (Wildman–Crippen MR) is 181 cm³/mol. The second kappa shape index (κ2) is 14.3. The third-order valence-corrected chi connectivity index (χ3v) is 7.31. The fourth-order valence-electron chi connectivity index (χ4n) is 5.68. The molecule has 1 N–H and O–H groups in total. The molecule has 4 nitrogen and oxygen atoms in total. The van der Waals surface area contributed by atoms with E-state index in [2.05, 4.69) is 115 Å². The summed E-state index contributed by atoms with van der Waals surface area (Å²) in [7, 11) is 2.16. The van der Waals surface area contributed by atoms with Crippen molar-refractivity contribution in [1.29, 1.82) is 5.41 Å². The van der Waals surface area contributed by atoms with E-state index in [9.17, 15) is 0 Å². The monoisotopic (exact) mass is 544 g/mol. The molecule has 0 bridgehead atoms. The molecule has 0 amide bonds. The highest BCUT2D eigenvalue weighted by Gasteiger charge is 2.41. The van der Waals surface area contributed by atoms with Crippen LogP contribution in [-0.2, 0) is 0 Å². The van der Waals surface area contributed by atoms with E-state index >= 15 is 0 Å². The lowest BCUT2D eigenvalue weighted by molar-refractivity contribution is 0.366. The van der Waals surface area contributed by atoms with Gasteiger partial charge in [-0.3, -0.25) is 4.99 Å². The molecule has 0 aromatic heterocycles. The van der Waals surface area contributed by atoms with Gasteiger partial charge in [-0.05, 0) is 79.1 Å². The van der Waals surface area contributed by atoms with Crippen LogP contribution in [0.4, 0.5) is 5.69 Å². The van der Waals surface area contributed by atoms with Gasteiger partial charge in [0.25, 0.3) is 0 Å². The van der Waals surface area contributed by atoms with E-state index in [0.717, 1.165) is 33.5 Å². The molecule has 3 aromatic rings. The first kappa shape index (κ1) is 31.1. The minimum absolute atomic E-state index is 0.0495. The number of hydrogen-bond donors (Lipinski definition) is 1. The molecular formula is C37H44N4. The summed E-state index contributed by atoms with van der Waals surface area (Å²) in [4.78, 5) is 8.76. The topological polar surface area (TPSA) is 42.7 Å². The molecule has 0 saturated heterocycles. The van der Waals surface area contributed by atoms with Gasteiger partial charge in [0.05, 0.1) is 11.4 Å². The Hall–Kier alpha value is -4.44. The van der Waals surface area contributed by atoms with Crippen LogP contribution < -0.4 is 4.90 Å². The molecule has 5 rings (SSSR count). The summed E-state index contributed by atoms with van der Waals surface area (Å²) in [5.74, 6) is 0. The van der Waals surface area contributed by atoms with Gasteiger partial charge >= 0.3 is 0 Å². The van der Waals surface area contributed by atoms with Crippen LogP contribution in [0.3, 0.4) is 0 Å². The van der Waals surface area contributed by atoms with Crippen LogP contribution in [0, 0.1) is 12.3 Å². The van der Waals surface area contributed by atoms with Gasteiger partial charge in [0.1, 0.15) is 6.17 Å². The largest absolute Gasteiger partial charge is 0.354 e. The third kappa shape index (κ3) is 5.74. The molecule has 212 valence electrons. The highest BCUT2D eigenvalue weighted by Crippen LogP contribution is 2.54. The summed E-state index contributed by atoms with van der Waals surface area (Å²) < 4.78 is 0. The first-order chi connectivity index (χ1) is 20.0. The molecule has 0 fully saturated rings. The van der Waals surface area contributed by atoms with Crippen molar-refractivity contribution in [3.63, 3.8) is 0 Å². The van der Waals surface area contributed by atoms with Crippen LogP contribution in [0.25, 0.3) is 28.0 Å². The van der Waals surface area contributed by atoms with Crippen LogP contribution in [-0.4, -0.2) is 24.9 Å². The van der Waals surface area contributed by atoms with E-state index in [4.69, 9.17) is 5.41 Å². The number of benzene rings is 3. The number of rotatable bonds is 6. The van der Waals surface area contributed by atoms with Gasteiger partial charge in [-0.2, -0.15) is 0 Å². The van der Waals surface area contributed by atoms with Crippen LogP contribution in [0.1, 0.15) is 75.5 Å². The van der Waals surface area contributed by atoms with Gasteiger partial charge in [-0.1, -0.05) is 88.4 Å². The Morgan fingerprint density at radius 2 is 1.59 bits per heavy atom. The third-order valence-electron chi connectivity index (χ3n) is 7.31. The van der Waals surface area contributed by atoms with Crippen molar-refractivity contribution >= 4 is 35.5 Å². The molecule has 4 heteroatoms. The Kier molecular flexibility index (Phi) is 10.8. The number of anilines is 1. The summed E-state index contributed by atoms with van der Waals surface area (Å²) in [6, 6.07) is 21.7. The Bertz CT molecular complexity index is 1520. The molecule has 0 radical (unpaired) electrons. The van der Waals surface area contributed by atoms with Gasteiger partial charge in [-0.25, -0.2) is 0 Å². The maximum Gasteiger partial charge on any atom is 0.133 e. The molecule has 2 aliphatic rings. The summed E-state index contributed by atoms with van der Waals surface area (Å²) >= 11 is 0. The predicted octanol–water partition coefficient (Wildman–Crippen LogP) is 10.1. The summed E-state index contributed by atoms with van der Waals surface area (Å²) in [5, 5.41) is 7.73. The van der Waals surface area contributed by atoms with Crippen LogP contribution in [0.2, 0.25) is 0 Å². The molecular weight excluding hydrogens is 500 g/mol. The minimum Gasteiger partial charge on any atom is -0.354 e. The summed E-state index contributed by atoms with van der Waals surface area (Å²) in [5.41, 5.74) is 13.0. The Morgan fingerprint density at radius 1 is 0.927 bits per heavy atom. The number of hydrogen-bond acceptors (Lipinski definition) is 4. The SMILES string of the molecule is C=N/C=C\C(=C/C)c1cccc(/C(C)=C/C=N)c1C1=CN(C)C2c3c(C)cccc3-c3ccccc3N12.CC.CC. The zero-order valence-electron chi connectivity index (χ0n) is 25.9. The number of para-hydroxylation sites is 1. The maximum absolute atomic E-state index is 7.73. The van der Waals surface area contributed by atoms with Gasteiger partial charge in [0.15, 0.2) is 0 Å². The standard InChI is InChI=1S/C33H32N4.2C2H6/c1-6-24(18-20-35-4)26-14-10-13-25(22(2)17-19-34)32(26)30-21-36(5)33-31-23(3)11-9-15-28(31)27-12-7-8-16-29(27)37(30)33;2*1-2/h6-21,33-34H,4H2,1-3,5H3;2*1-2H3/b20-18-,22-17+,24-6+,34-19?;;. The quantitative estimate of drug-likeness (QED) is 0.248. The normalized spacial score (nSPS) is 15.5. The first-order valence-electron chi connectivity index (χ1n) is 14.5.